The second kappa shape index (κ2) is 4.80. The van der Waals surface area contributed by atoms with E-state index in [1.165, 1.54) is 0 Å². The van der Waals surface area contributed by atoms with E-state index in [0.717, 1.165) is 6.42 Å². The van der Waals surface area contributed by atoms with Gasteiger partial charge in [0.25, 0.3) is 0 Å². The Bertz CT molecular complexity index is 369. The Hall–Kier alpha value is -1.13. The first kappa shape index (κ1) is 11.4. The topological polar surface area (TPSA) is 48.7 Å². The molecule has 1 aromatic rings. The van der Waals surface area contributed by atoms with Gasteiger partial charge in [0.2, 0.25) is 5.78 Å². The van der Waals surface area contributed by atoms with Crippen LogP contribution in [0.2, 0.25) is 0 Å². The van der Waals surface area contributed by atoms with Gasteiger partial charge in [0.1, 0.15) is 12.4 Å². The summed E-state index contributed by atoms with van der Waals surface area (Å²) in [6.07, 6.45) is 0.946. The van der Waals surface area contributed by atoms with E-state index in [2.05, 4.69) is 0 Å². The second-order valence-corrected chi connectivity index (χ2v) is 4.14. The molecule has 1 aliphatic heterocycles. The molecule has 88 valence electrons. The zero-order valence-corrected chi connectivity index (χ0v) is 9.56. The summed E-state index contributed by atoms with van der Waals surface area (Å²) in [5.41, 5.74) is 0. The van der Waals surface area contributed by atoms with Crippen molar-refractivity contribution < 1.29 is 18.7 Å². The summed E-state index contributed by atoms with van der Waals surface area (Å²) < 4.78 is 15.7. The summed E-state index contributed by atoms with van der Waals surface area (Å²) >= 11 is 0. The molecule has 0 amide bonds. The van der Waals surface area contributed by atoms with E-state index in [4.69, 9.17) is 13.9 Å². The third-order valence-corrected chi connectivity index (χ3v) is 2.76. The van der Waals surface area contributed by atoms with Crippen LogP contribution in [0.25, 0.3) is 0 Å². The van der Waals surface area contributed by atoms with Gasteiger partial charge in [-0.1, -0.05) is 0 Å². The zero-order valence-electron chi connectivity index (χ0n) is 9.56. The Morgan fingerprint density at radius 1 is 1.56 bits per heavy atom. The lowest BCUT2D eigenvalue weighted by Gasteiger charge is -2.03. The lowest BCUT2D eigenvalue weighted by Crippen LogP contribution is -2.14. The van der Waals surface area contributed by atoms with E-state index < -0.39 is 0 Å². The Morgan fingerprint density at radius 2 is 2.38 bits per heavy atom. The van der Waals surface area contributed by atoms with E-state index in [9.17, 15) is 4.79 Å². The van der Waals surface area contributed by atoms with Gasteiger partial charge in [0.15, 0.2) is 5.76 Å². The second-order valence-electron chi connectivity index (χ2n) is 4.14. The van der Waals surface area contributed by atoms with Crippen LogP contribution in [0.3, 0.4) is 0 Å². The number of rotatable bonds is 4. The third kappa shape index (κ3) is 2.33. The van der Waals surface area contributed by atoms with Crippen LogP contribution in [0.15, 0.2) is 16.5 Å². The average Bonchev–Trinajstić information content (AvgIpc) is 2.87. The van der Waals surface area contributed by atoms with Crippen molar-refractivity contribution in [2.75, 3.05) is 13.7 Å². The molecule has 2 rings (SSSR count). The highest BCUT2D eigenvalue weighted by atomic mass is 16.5. The molecule has 1 aromatic heterocycles. The Labute approximate surface area is 94.5 Å². The fourth-order valence-corrected chi connectivity index (χ4v) is 1.93. The van der Waals surface area contributed by atoms with Crippen LogP contribution >= 0.6 is 0 Å². The largest absolute Gasteiger partial charge is 0.456 e. The molecule has 0 radical (unpaired) electrons. The third-order valence-electron chi connectivity index (χ3n) is 2.76. The molecule has 2 atom stereocenters. The molecule has 0 aromatic carbocycles. The van der Waals surface area contributed by atoms with E-state index in [1.54, 1.807) is 19.2 Å². The lowest BCUT2D eigenvalue weighted by molar-refractivity contribution is 0.0844. The highest BCUT2D eigenvalue weighted by Crippen LogP contribution is 2.24. The van der Waals surface area contributed by atoms with Gasteiger partial charge in [-0.2, -0.15) is 0 Å². The van der Waals surface area contributed by atoms with Gasteiger partial charge in [-0.25, -0.2) is 0 Å². The first-order valence-corrected chi connectivity index (χ1v) is 5.44. The monoisotopic (exact) mass is 224 g/mol. The first-order valence-electron chi connectivity index (χ1n) is 5.44. The SMILES string of the molecule is COCc1ccc(C(=O)C2COC(C)C2)o1. The van der Waals surface area contributed by atoms with Crippen molar-refractivity contribution in [3.05, 3.63) is 23.7 Å². The smallest absolute Gasteiger partial charge is 0.203 e. The summed E-state index contributed by atoms with van der Waals surface area (Å²) in [5.74, 6) is 1.07. The minimum atomic E-state index is -0.0588. The number of carbonyl (C=O) groups excluding carboxylic acids is 1. The van der Waals surface area contributed by atoms with Crippen molar-refractivity contribution in [2.45, 2.75) is 26.1 Å². The lowest BCUT2D eigenvalue weighted by atomic mass is 9.99. The van der Waals surface area contributed by atoms with Gasteiger partial charge in [-0.15, -0.1) is 0 Å². The minimum absolute atomic E-state index is 0.0340. The number of furan rings is 1. The molecular weight excluding hydrogens is 208 g/mol. The summed E-state index contributed by atoms with van der Waals surface area (Å²) in [6, 6.07) is 3.48. The number of hydrogen-bond donors (Lipinski definition) is 0. The van der Waals surface area contributed by atoms with Crippen molar-refractivity contribution in [1.82, 2.24) is 0 Å². The highest BCUT2D eigenvalue weighted by molar-refractivity contribution is 5.95. The van der Waals surface area contributed by atoms with Crippen molar-refractivity contribution in [2.24, 2.45) is 5.92 Å². The van der Waals surface area contributed by atoms with Gasteiger partial charge in [0.05, 0.1) is 18.6 Å². The maximum atomic E-state index is 12.0. The Morgan fingerprint density at radius 3 is 3.00 bits per heavy atom. The van der Waals surface area contributed by atoms with Gasteiger partial charge < -0.3 is 13.9 Å². The molecule has 16 heavy (non-hydrogen) atoms. The summed E-state index contributed by atoms with van der Waals surface area (Å²) in [6.45, 7) is 2.87. The molecule has 1 fully saturated rings. The standard InChI is InChI=1S/C12H16O4/c1-8-5-9(6-15-8)12(13)11-4-3-10(16-11)7-14-2/h3-4,8-9H,5-7H2,1-2H3. The average molecular weight is 224 g/mol. The fourth-order valence-electron chi connectivity index (χ4n) is 1.93. The molecule has 2 heterocycles. The van der Waals surface area contributed by atoms with Crippen LogP contribution in [0.4, 0.5) is 0 Å². The maximum Gasteiger partial charge on any atom is 0.203 e. The van der Waals surface area contributed by atoms with E-state index in [-0.39, 0.29) is 17.8 Å². The minimum Gasteiger partial charge on any atom is -0.456 e. The molecule has 4 heteroatoms. The van der Waals surface area contributed by atoms with Gasteiger partial charge in [-0.3, -0.25) is 4.79 Å². The molecule has 0 bridgehead atoms. The van der Waals surface area contributed by atoms with E-state index in [1.807, 2.05) is 6.92 Å². The summed E-state index contributed by atoms with van der Waals surface area (Å²) in [4.78, 5) is 12.0. The predicted octanol–water partition coefficient (Wildman–Crippen LogP) is 2.03. The van der Waals surface area contributed by atoms with Crippen molar-refractivity contribution in [3.63, 3.8) is 0 Å². The molecule has 0 aliphatic carbocycles. The van der Waals surface area contributed by atoms with Crippen LogP contribution in [0.1, 0.15) is 29.7 Å². The van der Waals surface area contributed by atoms with Crippen LogP contribution < -0.4 is 0 Å². The van der Waals surface area contributed by atoms with Gasteiger partial charge >= 0.3 is 0 Å². The first-order chi connectivity index (χ1) is 7.70. The summed E-state index contributed by atoms with van der Waals surface area (Å²) in [5, 5.41) is 0. The molecule has 0 saturated carbocycles. The fraction of sp³-hybridized carbons (Fsp3) is 0.583. The number of carbonyl (C=O) groups is 1. The Balaban J connectivity index is 2.03. The van der Waals surface area contributed by atoms with Crippen LogP contribution in [0.5, 0.6) is 0 Å². The predicted molar refractivity (Wildman–Crippen MR) is 57.3 cm³/mol. The number of Topliss-reactive ketones (excluding diaryl/α,β-unsaturated/α-hetero) is 1. The van der Waals surface area contributed by atoms with E-state index in [0.29, 0.717) is 24.7 Å². The molecule has 1 saturated heterocycles. The Kier molecular flexibility index (Phi) is 3.41. The van der Waals surface area contributed by atoms with Crippen molar-refractivity contribution in [3.8, 4) is 0 Å². The molecular formula is C12H16O4. The van der Waals surface area contributed by atoms with Crippen LogP contribution in [-0.4, -0.2) is 25.6 Å². The van der Waals surface area contributed by atoms with Crippen LogP contribution in [-0.2, 0) is 16.1 Å². The van der Waals surface area contributed by atoms with E-state index >= 15 is 0 Å². The van der Waals surface area contributed by atoms with Crippen molar-refractivity contribution in [1.29, 1.82) is 0 Å². The number of hydrogen-bond acceptors (Lipinski definition) is 4. The molecule has 1 aliphatic rings. The highest BCUT2D eigenvalue weighted by Gasteiger charge is 2.30. The zero-order chi connectivity index (χ0) is 11.5. The van der Waals surface area contributed by atoms with Crippen LogP contribution in [0, 0.1) is 5.92 Å². The van der Waals surface area contributed by atoms with Gasteiger partial charge in [0, 0.05) is 7.11 Å². The van der Waals surface area contributed by atoms with Crippen molar-refractivity contribution >= 4 is 5.78 Å². The quantitative estimate of drug-likeness (QED) is 0.734. The van der Waals surface area contributed by atoms with Gasteiger partial charge in [-0.05, 0) is 25.5 Å². The number of ketones is 1. The number of ether oxygens (including phenoxy) is 2. The molecule has 0 spiro atoms. The maximum absolute atomic E-state index is 12.0. The summed E-state index contributed by atoms with van der Waals surface area (Å²) in [7, 11) is 1.59. The number of methoxy groups -OCH3 is 1. The molecule has 2 unspecified atom stereocenters. The molecule has 0 N–H and O–H groups in total. The normalized spacial score (nSPS) is 24.9. The molecule has 4 nitrogen and oxygen atoms in total.